The van der Waals surface area contributed by atoms with Gasteiger partial charge < -0.3 is 14.7 Å². The van der Waals surface area contributed by atoms with Crippen LogP contribution in [0.4, 0.5) is 11.4 Å². The Balaban J connectivity index is 1.82. The first-order valence-corrected chi connectivity index (χ1v) is 13.6. The lowest BCUT2D eigenvalue weighted by Crippen LogP contribution is -2.48. The van der Waals surface area contributed by atoms with Crippen LogP contribution in [0.15, 0.2) is 60.7 Å². The van der Waals surface area contributed by atoms with Crippen LogP contribution in [0.3, 0.4) is 0 Å². The van der Waals surface area contributed by atoms with E-state index >= 15 is 0 Å². The average molecular weight is 493 g/mol. The molecular formula is C32H36N4O. The number of hydrogen-bond acceptors (Lipinski definition) is 4. The lowest BCUT2D eigenvalue weighted by atomic mass is 9.68. The maximum Gasteiger partial charge on any atom is 0.255 e. The SMILES string of the molecule is CCN(CC)c1ccc2c(c1)Cc1cc(N(CC)CC)ccc1C21c2ccccc2C(=O)N1CCC#N. The number of nitriles is 1. The highest BCUT2D eigenvalue weighted by atomic mass is 16.2. The maximum absolute atomic E-state index is 13.9. The van der Waals surface area contributed by atoms with Gasteiger partial charge in [-0.3, -0.25) is 4.79 Å². The highest BCUT2D eigenvalue weighted by Crippen LogP contribution is 2.54. The summed E-state index contributed by atoms with van der Waals surface area (Å²) in [7, 11) is 0. The van der Waals surface area contributed by atoms with Crippen molar-refractivity contribution < 1.29 is 4.79 Å². The molecule has 1 spiro atoms. The summed E-state index contributed by atoms with van der Waals surface area (Å²) >= 11 is 0. The third kappa shape index (κ3) is 3.70. The zero-order valence-corrected chi connectivity index (χ0v) is 22.4. The fourth-order valence-electron chi connectivity index (χ4n) is 6.52. The summed E-state index contributed by atoms with van der Waals surface area (Å²) < 4.78 is 0. The van der Waals surface area contributed by atoms with Gasteiger partial charge in [-0.15, -0.1) is 0 Å². The van der Waals surface area contributed by atoms with E-state index < -0.39 is 5.54 Å². The van der Waals surface area contributed by atoms with E-state index in [9.17, 15) is 10.1 Å². The van der Waals surface area contributed by atoms with Crippen molar-refractivity contribution in [2.24, 2.45) is 0 Å². The molecule has 0 saturated heterocycles. The second-order valence-corrected chi connectivity index (χ2v) is 9.83. The van der Waals surface area contributed by atoms with Gasteiger partial charge >= 0.3 is 0 Å². The monoisotopic (exact) mass is 492 g/mol. The number of carbonyl (C=O) groups is 1. The van der Waals surface area contributed by atoms with Crippen LogP contribution in [0.5, 0.6) is 0 Å². The van der Waals surface area contributed by atoms with E-state index in [4.69, 9.17) is 0 Å². The first-order valence-electron chi connectivity index (χ1n) is 13.6. The fourth-order valence-corrected chi connectivity index (χ4v) is 6.52. The molecule has 3 aromatic rings. The van der Waals surface area contributed by atoms with Crippen LogP contribution in [-0.2, 0) is 12.0 Å². The van der Waals surface area contributed by atoms with Crippen molar-refractivity contribution in [3.63, 3.8) is 0 Å². The second-order valence-electron chi connectivity index (χ2n) is 9.83. The summed E-state index contributed by atoms with van der Waals surface area (Å²) in [6, 6.07) is 23.8. The molecule has 0 N–H and O–H groups in total. The lowest BCUT2D eigenvalue weighted by molar-refractivity contribution is 0.0678. The van der Waals surface area contributed by atoms with Gasteiger partial charge in [0.2, 0.25) is 0 Å². The number of anilines is 2. The van der Waals surface area contributed by atoms with Crippen LogP contribution >= 0.6 is 0 Å². The van der Waals surface area contributed by atoms with Gasteiger partial charge in [-0.1, -0.05) is 30.3 Å². The molecule has 0 bridgehead atoms. The van der Waals surface area contributed by atoms with E-state index in [2.05, 4.69) is 86.0 Å². The Kier molecular flexibility index (Phi) is 6.69. The van der Waals surface area contributed by atoms with Crippen molar-refractivity contribution in [3.8, 4) is 6.07 Å². The van der Waals surface area contributed by atoms with Crippen molar-refractivity contribution >= 4 is 17.3 Å². The molecule has 0 atom stereocenters. The van der Waals surface area contributed by atoms with E-state index in [1.807, 2.05) is 23.1 Å². The molecule has 0 fully saturated rings. The Bertz CT molecular complexity index is 1300. The van der Waals surface area contributed by atoms with Gasteiger partial charge in [0.25, 0.3) is 5.91 Å². The van der Waals surface area contributed by atoms with Crippen LogP contribution in [0.25, 0.3) is 0 Å². The minimum Gasteiger partial charge on any atom is -0.372 e. The molecule has 2 aliphatic rings. The summed E-state index contributed by atoms with van der Waals surface area (Å²) in [5.74, 6) is 0.00490. The molecule has 37 heavy (non-hydrogen) atoms. The van der Waals surface area contributed by atoms with Gasteiger partial charge in [-0.2, -0.15) is 5.26 Å². The van der Waals surface area contributed by atoms with E-state index in [0.29, 0.717) is 13.0 Å². The van der Waals surface area contributed by atoms with Gasteiger partial charge in [-0.25, -0.2) is 0 Å². The number of carbonyl (C=O) groups excluding carboxylic acids is 1. The quantitative estimate of drug-likeness (QED) is 0.390. The molecular weight excluding hydrogens is 456 g/mol. The van der Waals surface area contributed by atoms with Crippen molar-refractivity contribution in [1.29, 1.82) is 5.26 Å². The maximum atomic E-state index is 13.9. The molecule has 1 heterocycles. The molecule has 1 aliphatic carbocycles. The van der Waals surface area contributed by atoms with Gasteiger partial charge in [0, 0.05) is 49.7 Å². The highest BCUT2D eigenvalue weighted by Gasteiger charge is 2.54. The van der Waals surface area contributed by atoms with E-state index in [-0.39, 0.29) is 5.91 Å². The molecule has 1 aliphatic heterocycles. The van der Waals surface area contributed by atoms with Gasteiger partial charge in [-0.05, 0) is 92.3 Å². The van der Waals surface area contributed by atoms with Gasteiger partial charge in [0.1, 0.15) is 5.54 Å². The minimum atomic E-state index is -0.739. The van der Waals surface area contributed by atoms with Crippen LogP contribution in [0, 0.1) is 11.3 Å². The van der Waals surface area contributed by atoms with Gasteiger partial charge in [0.05, 0.1) is 12.5 Å². The summed E-state index contributed by atoms with van der Waals surface area (Å²) in [5, 5.41) is 9.51. The Morgan fingerprint density at radius 3 is 1.86 bits per heavy atom. The summed E-state index contributed by atoms with van der Waals surface area (Å²) in [6.45, 7) is 12.9. The number of fused-ring (bicyclic) bond motifs is 6. The Hall–Kier alpha value is -3.78. The molecule has 3 aromatic carbocycles. The minimum absolute atomic E-state index is 0.00490. The molecule has 1 amide bonds. The molecule has 5 rings (SSSR count). The molecule has 190 valence electrons. The van der Waals surface area contributed by atoms with Gasteiger partial charge in [0.15, 0.2) is 0 Å². The van der Waals surface area contributed by atoms with Crippen molar-refractivity contribution in [1.82, 2.24) is 4.90 Å². The molecule has 5 heteroatoms. The first-order chi connectivity index (χ1) is 18.0. The van der Waals surface area contributed by atoms with Crippen molar-refractivity contribution in [2.75, 3.05) is 42.5 Å². The molecule has 0 unspecified atom stereocenters. The number of hydrogen-bond donors (Lipinski definition) is 0. The summed E-state index contributed by atoms with van der Waals surface area (Å²) in [5.41, 5.74) is 8.25. The van der Waals surface area contributed by atoms with E-state index in [0.717, 1.165) is 54.9 Å². The zero-order chi connectivity index (χ0) is 26.2. The van der Waals surface area contributed by atoms with E-state index in [1.165, 1.54) is 22.5 Å². The Morgan fingerprint density at radius 2 is 1.35 bits per heavy atom. The first kappa shape index (κ1) is 24.9. The molecule has 0 radical (unpaired) electrons. The standard InChI is InChI=1S/C32H36N4O/c1-5-34(6-2)25-14-16-28-23(21-25)20-24-22-26(35(7-3)8-4)15-17-29(24)32(28)30-13-10-9-12-27(30)31(37)36(32)19-11-18-33/h9-10,12-17,21-22H,5-8,11,19-20H2,1-4H3. The Morgan fingerprint density at radius 1 is 0.811 bits per heavy atom. The number of benzene rings is 3. The van der Waals surface area contributed by atoms with Crippen LogP contribution < -0.4 is 9.80 Å². The molecule has 5 nitrogen and oxygen atoms in total. The topological polar surface area (TPSA) is 50.6 Å². The highest BCUT2D eigenvalue weighted by molar-refractivity contribution is 6.02. The Labute approximate surface area is 220 Å². The second kappa shape index (κ2) is 9.94. The smallest absolute Gasteiger partial charge is 0.255 e. The third-order valence-electron chi connectivity index (χ3n) is 8.24. The van der Waals surface area contributed by atoms with Crippen LogP contribution in [0.1, 0.15) is 72.3 Å². The van der Waals surface area contributed by atoms with Crippen molar-refractivity contribution in [2.45, 2.75) is 46.1 Å². The lowest BCUT2D eigenvalue weighted by Gasteiger charge is -2.45. The van der Waals surface area contributed by atoms with Crippen molar-refractivity contribution in [3.05, 3.63) is 94.0 Å². The number of amides is 1. The number of rotatable bonds is 8. The summed E-state index contributed by atoms with van der Waals surface area (Å²) in [6.07, 6.45) is 1.11. The fraction of sp³-hybridized carbons (Fsp3) is 0.375. The van der Waals surface area contributed by atoms with E-state index in [1.54, 1.807) is 0 Å². The van der Waals surface area contributed by atoms with Crippen LogP contribution in [0.2, 0.25) is 0 Å². The van der Waals surface area contributed by atoms with Crippen LogP contribution in [-0.4, -0.2) is 43.5 Å². The average Bonchev–Trinajstić information content (AvgIpc) is 3.17. The molecule has 0 aromatic heterocycles. The zero-order valence-electron chi connectivity index (χ0n) is 22.4. The third-order valence-corrected chi connectivity index (χ3v) is 8.24. The predicted octanol–water partition coefficient (Wildman–Crippen LogP) is 5.94. The number of nitrogens with zero attached hydrogens (tertiary/aromatic N) is 4. The summed E-state index contributed by atoms with van der Waals surface area (Å²) in [4.78, 5) is 20.6. The normalized spacial score (nSPS) is 14.7. The predicted molar refractivity (Wildman–Crippen MR) is 150 cm³/mol. The molecule has 0 saturated carbocycles. The largest absolute Gasteiger partial charge is 0.372 e.